The van der Waals surface area contributed by atoms with E-state index in [1.807, 2.05) is 0 Å². The monoisotopic (exact) mass is 357 g/mol. The molecular weight excluding hydrogens is 349 g/mol. The molecule has 0 radical (unpaired) electrons. The fourth-order valence-corrected chi connectivity index (χ4v) is 2.98. The summed E-state index contributed by atoms with van der Waals surface area (Å²) in [7, 11) is 1.18. The zero-order chi connectivity index (χ0) is 15.3. The van der Waals surface area contributed by atoms with E-state index in [0.29, 0.717) is 6.54 Å². The van der Waals surface area contributed by atoms with Crippen LogP contribution in [0.15, 0.2) is 29.7 Å². The molecule has 1 N–H and O–H groups in total. The van der Waals surface area contributed by atoms with Gasteiger partial charge in [0, 0.05) is 17.2 Å². The Balaban J connectivity index is 2.86. The standard InChI is InChI=1S/C11H10Cl3NO4S/c1-2-5-15-9(16)6-19-7-3-4-8(20(14,17)18)11(13)10(7)12/h2-4H,1,5-6H2,(H,15,16). The first-order valence-corrected chi connectivity index (χ1v) is 8.27. The van der Waals surface area contributed by atoms with Gasteiger partial charge in [-0.15, -0.1) is 6.58 Å². The van der Waals surface area contributed by atoms with E-state index in [0.717, 1.165) is 6.07 Å². The number of halogens is 3. The molecule has 5 nitrogen and oxygen atoms in total. The second-order valence-corrected chi connectivity index (χ2v) is 6.80. The molecule has 0 heterocycles. The summed E-state index contributed by atoms with van der Waals surface area (Å²) in [6.07, 6.45) is 1.52. The minimum atomic E-state index is -4.01. The second-order valence-electron chi connectivity index (χ2n) is 3.51. The van der Waals surface area contributed by atoms with Gasteiger partial charge >= 0.3 is 0 Å². The highest BCUT2D eigenvalue weighted by Crippen LogP contribution is 2.37. The molecule has 0 bridgehead atoms. The van der Waals surface area contributed by atoms with Crippen LogP contribution in [0.4, 0.5) is 0 Å². The first kappa shape index (κ1) is 17.1. The van der Waals surface area contributed by atoms with E-state index < -0.39 is 9.05 Å². The summed E-state index contributed by atoms with van der Waals surface area (Å²) in [6.45, 7) is 3.46. The third-order valence-electron chi connectivity index (χ3n) is 2.08. The zero-order valence-electron chi connectivity index (χ0n) is 10.0. The van der Waals surface area contributed by atoms with Crippen LogP contribution in [0.5, 0.6) is 5.75 Å². The van der Waals surface area contributed by atoms with Crippen molar-refractivity contribution in [2.45, 2.75) is 4.90 Å². The maximum absolute atomic E-state index is 11.3. The molecule has 0 aliphatic heterocycles. The summed E-state index contributed by atoms with van der Waals surface area (Å²) in [5.74, 6) is -0.305. The van der Waals surface area contributed by atoms with Gasteiger partial charge in [-0.2, -0.15) is 0 Å². The molecule has 0 aromatic heterocycles. The molecule has 9 heteroatoms. The molecule has 0 unspecified atom stereocenters. The third kappa shape index (κ3) is 4.56. The van der Waals surface area contributed by atoms with Crippen LogP contribution in [-0.2, 0) is 13.8 Å². The van der Waals surface area contributed by atoms with Crippen LogP contribution in [0.2, 0.25) is 10.0 Å². The smallest absolute Gasteiger partial charge is 0.262 e. The lowest BCUT2D eigenvalue weighted by atomic mass is 10.3. The molecule has 110 valence electrons. The highest BCUT2D eigenvalue weighted by molar-refractivity contribution is 8.13. The zero-order valence-corrected chi connectivity index (χ0v) is 13.1. The van der Waals surface area contributed by atoms with Crippen molar-refractivity contribution in [3.8, 4) is 5.75 Å². The minimum absolute atomic E-state index is 0.0782. The molecule has 0 fully saturated rings. The summed E-state index contributed by atoms with van der Waals surface area (Å²) in [4.78, 5) is 11.0. The van der Waals surface area contributed by atoms with Gasteiger partial charge in [0.1, 0.15) is 15.7 Å². The molecule has 20 heavy (non-hydrogen) atoms. The lowest BCUT2D eigenvalue weighted by Gasteiger charge is -2.10. The number of amides is 1. The van der Waals surface area contributed by atoms with Crippen LogP contribution in [0.1, 0.15) is 0 Å². The quantitative estimate of drug-likeness (QED) is 0.627. The highest BCUT2D eigenvalue weighted by atomic mass is 35.7. The van der Waals surface area contributed by atoms with E-state index in [2.05, 4.69) is 11.9 Å². The Morgan fingerprint density at radius 1 is 1.35 bits per heavy atom. The van der Waals surface area contributed by atoms with E-state index in [-0.39, 0.29) is 33.2 Å². The number of hydrogen-bond donors (Lipinski definition) is 1. The maximum Gasteiger partial charge on any atom is 0.262 e. The van der Waals surface area contributed by atoms with E-state index in [9.17, 15) is 13.2 Å². The van der Waals surface area contributed by atoms with Crippen LogP contribution in [0.3, 0.4) is 0 Å². The number of nitrogens with one attached hydrogen (secondary N) is 1. The van der Waals surface area contributed by atoms with Crippen molar-refractivity contribution in [3.63, 3.8) is 0 Å². The number of carbonyl (C=O) groups excluding carboxylic acids is 1. The molecular formula is C11H10Cl3NO4S. The Bertz CT molecular complexity index is 631. The largest absolute Gasteiger partial charge is 0.482 e. The van der Waals surface area contributed by atoms with Crippen molar-refractivity contribution in [3.05, 3.63) is 34.8 Å². The van der Waals surface area contributed by atoms with E-state index >= 15 is 0 Å². The molecule has 0 saturated carbocycles. The van der Waals surface area contributed by atoms with Crippen LogP contribution >= 0.6 is 33.9 Å². The Morgan fingerprint density at radius 2 is 2.00 bits per heavy atom. The topological polar surface area (TPSA) is 72.5 Å². The first-order chi connectivity index (χ1) is 9.27. The van der Waals surface area contributed by atoms with Crippen molar-refractivity contribution < 1.29 is 17.9 Å². The average molecular weight is 359 g/mol. The fraction of sp³-hybridized carbons (Fsp3) is 0.182. The van der Waals surface area contributed by atoms with Gasteiger partial charge in [0.05, 0.1) is 5.02 Å². The Labute approximate surface area is 130 Å². The van der Waals surface area contributed by atoms with Crippen LogP contribution in [-0.4, -0.2) is 27.5 Å². The van der Waals surface area contributed by atoms with Crippen molar-refractivity contribution in [1.82, 2.24) is 5.32 Å². The van der Waals surface area contributed by atoms with Gasteiger partial charge < -0.3 is 10.1 Å². The predicted octanol–water partition coefficient (Wildman–Crippen LogP) is 2.60. The van der Waals surface area contributed by atoms with Crippen molar-refractivity contribution >= 4 is 48.8 Å². The maximum atomic E-state index is 11.3. The Hall–Kier alpha value is -0.950. The summed E-state index contributed by atoms with van der Waals surface area (Å²) >= 11 is 11.7. The molecule has 0 aliphatic rings. The van der Waals surface area contributed by atoms with Crippen molar-refractivity contribution in [2.24, 2.45) is 0 Å². The summed E-state index contributed by atoms with van der Waals surface area (Å²) in [6, 6.07) is 2.41. The number of ether oxygens (including phenoxy) is 1. The lowest BCUT2D eigenvalue weighted by Crippen LogP contribution is -2.28. The SMILES string of the molecule is C=CCNC(=O)COc1ccc(S(=O)(=O)Cl)c(Cl)c1Cl. The number of hydrogen-bond acceptors (Lipinski definition) is 4. The molecule has 0 spiro atoms. The van der Waals surface area contributed by atoms with E-state index in [4.69, 9.17) is 38.6 Å². The van der Waals surface area contributed by atoms with Gasteiger partial charge in [-0.1, -0.05) is 29.3 Å². The minimum Gasteiger partial charge on any atom is -0.482 e. The molecule has 0 saturated heterocycles. The number of benzene rings is 1. The fourth-order valence-electron chi connectivity index (χ4n) is 1.19. The normalized spacial score (nSPS) is 10.9. The van der Waals surface area contributed by atoms with Crippen LogP contribution in [0, 0.1) is 0 Å². The molecule has 0 aliphatic carbocycles. The molecule has 1 aromatic carbocycles. The molecule has 0 atom stereocenters. The van der Waals surface area contributed by atoms with Gasteiger partial charge in [0.15, 0.2) is 6.61 Å². The van der Waals surface area contributed by atoms with Crippen molar-refractivity contribution in [1.29, 1.82) is 0 Å². The first-order valence-electron chi connectivity index (χ1n) is 5.20. The molecule has 1 aromatic rings. The summed E-state index contributed by atoms with van der Waals surface area (Å²) < 4.78 is 27.6. The van der Waals surface area contributed by atoms with Gasteiger partial charge in [-0.25, -0.2) is 8.42 Å². The number of rotatable bonds is 6. The average Bonchev–Trinajstić information content (AvgIpc) is 2.36. The summed E-state index contributed by atoms with van der Waals surface area (Å²) in [5, 5.41) is 2.10. The van der Waals surface area contributed by atoms with E-state index in [1.54, 1.807) is 0 Å². The van der Waals surface area contributed by atoms with Crippen molar-refractivity contribution in [2.75, 3.05) is 13.2 Å². The predicted molar refractivity (Wildman–Crippen MR) is 78.2 cm³/mol. The van der Waals surface area contributed by atoms with Gasteiger partial charge in [0.25, 0.3) is 15.0 Å². The lowest BCUT2D eigenvalue weighted by molar-refractivity contribution is -0.122. The van der Waals surface area contributed by atoms with E-state index in [1.165, 1.54) is 12.1 Å². The Morgan fingerprint density at radius 3 is 2.55 bits per heavy atom. The number of carbonyl (C=O) groups is 1. The Kier molecular flexibility index (Phi) is 6.13. The van der Waals surface area contributed by atoms with Crippen LogP contribution < -0.4 is 10.1 Å². The molecule has 1 rings (SSSR count). The van der Waals surface area contributed by atoms with Gasteiger partial charge in [-0.05, 0) is 12.1 Å². The molecule has 1 amide bonds. The van der Waals surface area contributed by atoms with Crippen LogP contribution in [0.25, 0.3) is 0 Å². The van der Waals surface area contributed by atoms with Gasteiger partial charge in [0.2, 0.25) is 0 Å². The van der Waals surface area contributed by atoms with Gasteiger partial charge in [-0.3, -0.25) is 4.79 Å². The second kappa shape index (κ2) is 7.17. The third-order valence-corrected chi connectivity index (χ3v) is 4.42. The summed E-state index contributed by atoms with van der Waals surface area (Å²) in [5.41, 5.74) is 0. The highest BCUT2D eigenvalue weighted by Gasteiger charge is 2.20.